The Morgan fingerprint density at radius 1 is 1.53 bits per heavy atom. The van der Waals surface area contributed by atoms with Crippen molar-refractivity contribution in [3.8, 4) is 0 Å². The van der Waals surface area contributed by atoms with Crippen LogP contribution in [0.15, 0.2) is 24.3 Å². The zero-order chi connectivity index (χ0) is 11.8. The maximum absolute atomic E-state index is 11.8. The summed E-state index contributed by atoms with van der Waals surface area (Å²) < 4.78 is 17.3. The predicted molar refractivity (Wildman–Crippen MR) is 57.9 cm³/mol. The second-order valence-corrected chi connectivity index (χ2v) is 4.42. The van der Waals surface area contributed by atoms with Crippen LogP contribution < -0.4 is 5.32 Å². The van der Waals surface area contributed by atoms with E-state index in [1.807, 2.05) is 24.3 Å². The van der Waals surface area contributed by atoms with Gasteiger partial charge < -0.3 is 10.1 Å². The number of benzene rings is 1. The average molecular weight is 237 g/mol. The van der Waals surface area contributed by atoms with Crippen LogP contribution in [0.5, 0.6) is 0 Å². The van der Waals surface area contributed by atoms with Crippen LogP contribution in [-0.4, -0.2) is 18.8 Å². The van der Waals surface area contributed by atoms with Crippen molar-refractivity contribution in [2.24, 2.45) is 5.92 Å². The highest BCUT2D eigenvalue weighted by molar-refractivity contribution is 5.70. The summed E-state index contributed by atoms with van der Waals surface area (Å²) in [5, 5.41) is 3.25. The van der Waals surface area contributed by atoms with Gasteiger partial charge in [-0.2, -0.15) is 0 Å². The fourth-order valence-corrected chi connectivity index (χ4v) is 2.73. The number of carbonyl (C=O) groups is 1. The Labute approximate surface area is 97.6 Å². The summed E-state index contributed by atoms with van der Waals surface area (Å²) in [6, 6.07) is 7.88. The number of rotatable bonds is 2. The van der Waals surface area contributed by atoms with Gasteiger partial charge in [-0.05, 0) is 11.6 Å². The van der Waals surface area contributed by atoms with Crippen molar-refractivity contribution in [1.29, 1.82) is 0 Å². The zero-order valence-electron chi connectivity index (χ0n) is 9.06. The minimum Gasteiger partial charge on any atom is -0.359 e. The molecule has 0 aliphatic carbocycles. The molecule has 3 unspecified atom stereocenters. The molecule has 5 heteroatoms. The summed E-state index contributed by atoms with van der Waals surface area (Å²) in [5.41, 5.74) is 2.16. The Balaban J connectivity index is 1.85. The Morgan fingerprint density at radius 3 is 3.18 bits per heavy atom. The van der Waals surface area contributed by atoms with Gasteiger partial charge in [-0.1, -0.05) is 18.2 Å². The lowest BCUT2D eigenvalue weighted by molar-refractivity contribution is -0.184. The third kappa shape index (κ3) is 1.67. The van der Waals surface area contributed by atoms with E-state index in [0.717, 1.165) is 11.3 Å². The first kappa shape index (κ1) is 10.5. The molecule has 3 rings (SSSR count). The lowest BCUT2D eigenvalue weighted by Gasteiger charge is -2.14. The highest BCUT2D eigenvalue weighted by Crippen LogP contribution is 2.46. The molecule has 1 aromatic rings. The van der Waals surface area contributed by atoms with Crippen LogP contribution in [0.4, 0.5) is 10.2 Å². The number of anilines is 1. The van der Waals surface area contributed by atoms with E-state index in [1.54, 1.807) is 0 Å². The van der Waals surface area contributed by atoms with Gasteiger partial charge in [-0.15, -0.1) is 0 Å². The van der Waals surface area contributed by atoms with E-state index in [2.05, 4.69) is 10.3 Å². The van der Waals surface area contributed by atoms with Gasteiger partial charge in [0.2, 0.25) is 0 Å². The van der Waals surface area contributed by atoms with Gasteiger partial charge in [0.25, 0.3) is 0 Å². The van der Waals surface area contributed by atoms with E-state index >= 15 is 0 Å². The van der Waals surface area contributed by atoms with E-state index in [9.17, 15) is 9.32 Å². The van der Waals surface area contributed by atoms with E-state index in [4.69, 9.17) is 4.74 Å². The van der Waals surface area contributed by atoms with Gasteiger partial charge in [0.1, 0.15) is 6.23 Å². The van der Waals surface area contributed by atoms with E-state index in [1.165, 1.54) is 0 Å². The molecule has 2 aliphatic heterocycles. The number of ether oxygens (including phenoxy) is 1. The highest BCUT2D eigenvalue weighted by atomic mass is 19.3. The number of halogens is 1. The fourth-order valence-electron chi connectivity index (χ4n) is 2.73. The molecular weight excluding hydrogens is 225 g/mol. The molecule has 0 radical (unpaired) electrons. The molecule has 17 heavy (non-hydrogen) atoms. The van der Waals surface area contributed by atoms with Crippen molar-refractivity contribution in [3.05, 3.63) is 29.8 Å². The molecule has 0 amide bonds. The van der Waals surface area contributed by atoms with Gasteiger partial charge in [0, 0.05) is 22.0 Å². The average Bonchev–Trinajstić information content (AvgIpc) is 2.89. The summed E-state index contributed by atoms with van der Waals surface area (Å²) >= 11 is 0. The van der Waals surface area contributed by atoms with Gasteiger partial charge in [0.15, 0.2) is 0 Å². The van der Waals surface area contributed by atoms with Crippen LogP contribution in [0.25, 0.3) is 0 Å². The smallest absolute Gasteiger partial charge is 0.349 e. The summed E-state index contributed by atoms with van der Waals surface area (Å²) in [7, 11) is 0. The van der Waals surface area contributed by atoms with Crippen molar-refractivity contribution >= 4 is 11.7 Å². The van der Waals surface area contributed by atoms with Crippen LogP contribution in [0, 0.1) is 5.92 Å². The molecule has 0 spiro atoms. The SMILES string of the molecule is O=C(CC1COC2Nc3ccccc3C12)OF. The summed E-state index contributed by atoms with van der Waals surface area (Å²) in [6.07, 6.45) is -0.0574. The van der Waals surface area contributed by atoms with Crippen LogP contribution in [0.1, 0.15) is 17.9 Å². The maximum Gasteiger partial charge on any atom is 0.349 e. The number of hydrogen-bond acceptors (Lipinski definition) is 4. The first-order valence-corrected chi connectivity index (χ1v) is 5.58. The van der Waals surface area contributed by atoms with Gasteiger partial charge in [0.05, 0.1) is 13.0 Å². The monoisotopic (exact) mass is 237 g/mol. The Hall–Kier alpha value is -1.62. The molecule has 0 saturated carbocycles. The maximum atomic E-state index is 11.8. The van der Waals surface area contributed by atoms with Crippen LogP contribution in [-0.2, 0) is 14.5 Å². The molecule has 1 saturated heterocycles. The predicted octanol–water partition coefficient (Wildman–Crippen LogP) is 1.99. The molecule has 3 atom stereocenters. The first-order valence-electron chi connectivity index (χ1n) is 5.58. The molecule has 1 aromatic carbocycles. The van der Waals surface area contributed by atoms with Crippen molar-refractivity contribution in [2.75, 3.05) is 11.9 Å². The molecule has 0 aromatic heterocycles. The quantitative estimate of drug-likeness (QED) is 0.854. The first-order chi connectivity index (χ1) is 8.29. The summed E-state index contributed by atoms with van der Waals surface area (Å²) in [5.74, 6) is -0.756. The molecular formula is C12H12FNO3. The molecule has 2 heterocycles. The van der Waals surface area contributed by atoms with E-state index in [-0.39, 0.29) is 24.5 Å². The minimum atomic E-state index is -0.830. The van der Waals surface area contributed by atoms with Crippen LogP contribution in [0.3, 0.4) is 0 Å². The molecule has 1 fully saturated rings. The Kier molecular flexibility index (Phi) is 2.48. The second-order valence-electron chi connectivity index (χ2n) is 4.42. The molecule has 90 valence electrons. The fraction of sp³-hybridized carbons (Fsp3) is 0.417. The highest BCUT2D eigenvalue weighted by Gasteiger charge is 2.44. The number of carbonyl (C=O) groups excluding carboxylic acids is 1. The normalized spacial score (nSPS) is 29.4. The Bertz CT molecular complexity index is 451. The van der Waals surface area contributed by atoms with Gasteiger partial charge in [-0.3, -0.25) is 4.94 Å². The summed E-state index contributed by atoms with van der Waals surface area (Å²) in [4.78, 5) is 14.2. The van der Waals surface area contributed by atoms with Crippen LogP contribution in [0.2, 0.25) is 0 Å². The van der Waals surface area contributed by atoms with Crippen molar-refractivity contribution in [2.45, 2.75) is 18.6 Å². The van der Waals surface area contributed by atoms with Crippen molar-refractivity contribution < 1.29 is 19.0 Å². The molecule has 4 nitrogen and oxygen atoms in total. The lowest BCUT2D eigenvalue weighted by Crippen LogP contribution is -2.20. The third-order valence-corrected chi connectivity index (χ3v) is 3.46. The number of hydrogen-bond donors (Lipinski definition) is 1. The molecule has 0 bridgehead atoms. The van der Waals surface area contributed by atoms with Crippen LogP contribution >= 0.6 is 0 Å². The standard InChI is InChI=1S/C12H12FNO3/c13-17-10(15)5-7-6-16-12-11(7)8-3-1-2-4-9(8)14-12/h1-4,7,11-12,14H,5-6H2. The van der Waals surface area contributed by atoms with Crippen molar-refractivity contribution in [3.63, 3.8) is 0 Å². The molecule has 1 N–H and O–H groups in total. The number of para-hydroxylation sites is 1. The van der Waals surface area contributed by atoms with Gasteiger partial charge in [-0.25, -0.2) is 4.79 Å². The number of nitrogens with one attached hydrogen (secondary N) is 1. The summed E-state index contributed by atoms with van der Waals surface area (Å²) in [6.45, 7) is 0.450. The lowest BCUT2D eigenvalue weighted by atomic mass is 9.87. The largest absolute Gasteiger partial charge is 0.359 e. The zero-order valence-corrected chi connectivity index (χ0v) is 9.06. The van der Waals surface area contributed by atoms with Crippen molar-refractivity contribution in [1.82, 2.24) is 0 Å². The second kappa shape index (κ2) is 4.00. The third-order valence-electron chi connectivity index (χ3n) is 3.46. The minimum absolute atomic E-state index is 0.0283. The van der Waals surface area contributed by atoms with E-state index in [0.29, 0.717) is 6.61 Å². The molecule has 2 aliphatic rings. The van der Waals surface area contributed by atoms with Gasteiger partial charge >= 0.3 is 5.97 Å². The topological polar surface area (TPSA) is 47.6 Å². The number of fused-ring (bicyclic) bond motifs is 3. The van der Waals surface area contributed by atoms with E-state index < -0.39 is 5.97 Å². The Morgan fingerprint density at radius 2 is 2.35 bits per heavy atom.